The summed E-state index contributed by atoms with van der Waals surface area (Å²) in [5, 5.41) is 17.8. The van der Waals surface area contributed by atoms with E-state index in [2.05, 4.69) is 101 Å². The number of nitrogens with two attached hydrogens (primary N) is 2. The van der Waals surface area contributed by atoms with Crippen molar-refractivity contribution < 1.29 is 14.8 Å². The Morgan fingerprint density at radius 2 is 1.07 bits per heavy atom. The number of anilines is 5. The van der Waals surface area contributed by atoms with Gasteiger partial charge in [-0.05, 0) is 70.3 Å². The van der Waals surface area contributed by atoms with Crippen LogP contribution >= 0.6 is 27.5 Å². The Kier molecular flexibility index (Phi) is 16.4. The lowest BCUT2D eigenvalue weighted by Crippen LogP contribution is -2.46. The predicted molar refractivity (Wildman–Crippen MR) is 225 cm³/mol. The van der Waals surface area contributed by atoms with E-state index in [-0.39, 0.29) is 5.28 Å². The van der Waals surface area contributed by atoms with Gasteiger partial charge in [0.15, 0.2) is 5.82 Å². The monoisotopic (exact) mass is 863 g/mol. The Bertz CT molecular complexity index is 1910. The number of ether oxygens (including phenoxy) is 1. The molecule has 9 rings (SSSR count). The van der Waals surface area contributed by atoms with Crippen LogP contribution in [0.5, 0.6) is 0 Å². The van der Waals surface area contributed by atoms with Crippen molar-refractivity contribution in [3.63, 3.8) is 0 Å². The number of halogens is 2. The standard InChI is InChI=1S/C12H14N6.C8H12BN3O2.C8H10BrN3.C4H4ClN3.C4H8O/c1-8-6-18(7-8)12-15-4-9(5-16-12)11-14-3-2-10(13)17-11;1-6-4-12(5-6)8-10-2-7(3-11-8)9(13)14;1-6-4-12(5-6)8-10-2-7(9)3-11-8;5-4-7-2-1-3(6)8-4;1-2-4-5-3-1/h2-5,8H,6-7H2,1H3,(H2,13,14,17);2-3,6,13-14H,4-5H2,1H3;2-3,6H,4-5H2,1H3;1-2H,(H2,6,7,8);1-4H2. The lowest BCUT2D eigenvalue weighted by atomic mass is 9.83. The highest BCUT2D eigenvalue weighted by Crippen LogP contribution is 2.23. The summed E-state index contributed by atoms with van der Waals surface area (Å²) in [6, 6.07) is 3.23. The van der Waals surface area contributed by atoms with Gasteiger partial charge in [0.1, 0.15) is 11.6 Å². The minimum Gasteiger partial charge on any atom is -0.423 e. The quantitative estimate of drug-likeness (QED) is 0.147. The molecule has 4 saturated heterocycles. The minimum atomic E-state index is -1.49. The summed E-state index contributed by atoms with van der Waals surface area (Å²) in [7, 11) is -1.49. The highest BCUT2D eigenvalue weighted by Gasteiger charge is 2.26. The van der Waals surface area contributed by atoms with E-state index >= 15 is 0 Å². The van der Waals surface area contributed by atoms with Crippen molar-refractivity contribution in [3.05, 3.63) is 71.5 Å². The lowest BCUT2D eigenvalue weighted by Gasteiger charge is -2.37. The third-order valence-electron chi connectivity index (χ3n) is 8.65. The van der Waals surface area contributed by atoms with Gasteiger partial charge in [-0.3, -0.25) is 0 Å². The van der Waals surface area contributed by atoms with Gasteiger partial charge in [0.25, 0.3) is 0 Å². The van der Waals surface area contributed by atoms with Crippen LogP contribution < -0.4 is 31.6 Å². The molecule has 0 aromatic carbocycles. The molecule has 0 spiro atoms. The highest BCUT2D eigenvalue weighted by atomic mass is 79.9. The zero-order valence-corrected chi connectivity index (χ0v) is 34.5. The number of aromatic nitrogens is 10. The topological polar surface area (TPSA) is 240 Å². The normalized spacial score (nSPS) is 16.1. The first-order valence-electron chi connectivity index (χ1n) is 18.6. The first-order valence-corrected chi connectivity index (χ1v) is 19.7. The molecule has 302 valence electrons. The molecule has 21 heteroatoms. The Hall–Kier alpha value is -4.89. The number of nitrogen functional groups attached to an aromatic ring is 2. The molecule has 0 saturated carbocycles. The van der Waals surface area contributed by atoms with Gasteiger partial charge in [0.05, 0.1) is 10.0 Å². The molecule has 0 amide bonds. The van der Waals surface area contributed by atoms with Crippen LogP contribution in [0.1, 0.15) is 33.6 Å². The zero-order valence-electron chi connectivity index (χ0n) is 32.2. The smallest absolute Gasteiger partial charge is 0.423 e. The molecule has 4 aliphatic heterocycles. The van der Waals surface area contributed by atoms with Crippen molar-refractivity contribution in [3.8, 4) is 11.4 Å². The molecule has 18 nitrogen and oxygen atoms in total. The largest absolute Gasteiger partial charge is 0.491 e. The van der Waals surface area contributed by atoms with Crippen molar-refractivity contribution in [1.29, 1.82) is 0 Å². The van der Waals surface area contributed by atoms with Crippen molar-refractivity contribution >= 4 is 69.6 Å². The molecule has 0 aliphatic carbocycles. The van der Waals surface area contributed by atoms with Crippen LogP contribution in [0.2, 0.25) is 5.28 Å². The van der Waals surface area contributed by atoms with Gasteiger partial charge in [0, 0.05) is 108 Å². The average Bonchev–Trinajstić information content (AvgIpc) is 3.77. The number of hydrogen-bond donors (Lipinski definition) is 4. The molecule has 0 atom stereocenters. The summed E-state index contributed by atoms with van der Waals surface area (Å²) >= 11 is 8.65. The third kappa shape index (κ3) is 13.9. The van der Waals surface area contributed by atoms with Gasteiger partial charge >= 0.3 is 7.12 Å². The molecule has 0 bridgehead atoms. The Morgan fingerprint density at radius 1 is 0.649 bits per heavy atom. The van der Waals surface area contributed by atoms with Gasteiger partial charge < -0.3 is 41.0 Å². The van der Waals surface area contributed by atoms with Gasteiger partial charge in [-0.2, -0.15) is 0 Å². The van der Waals surface area contributed by atoms with Crippen LogP contribution in [0, 0.1) is 17.8 Å². The molecular weight excluding hydrogens is 817 g/mol. The van der Waals surface area contributed by atoms with Gasteiger partial charge in [-0.15, -0.1) is 0 Å². The fraction of sp³-hybridized carbons (Fsp3) is 0.444. The van der Waals surface area contributed by atoms with Gasteiger partial charge in [-0.25, -0.2) is 49.8 Å². The van der Waals surface area contributed by atoms with Crippen LogP contribution in [-0.4, -0.2) is 119 Å². The number of hydrogen-bond acceptors (Lipinski definition) is 18. The second kappa shape index (κ2) is 21.6. The first-order chi connectivity index (χ1) is 27.4. The number of nitrogens with zero attached hydrogens (tertiary/aromatic N) is 13. The minimum absolute atomic E-state index is 0.185. The van der Waals surface area contributed by atoms with Crippen LogP contribution in [0.3, 0.4) is 0 Å². The molecule has 0 radical (unpaired) electrons. The van der Waals surface area contributed by atoms with Crippen molar-refractivity contribution in [1.82, 2.24) is 49.8 Å². The third-order valence-corrected chi connectivity index (χ3v) is 9.24. The fourth-order valence-electron chi connectivity index (χ4n) is 5.65. The second-order valence-electron chi connectivity index (χ2n) is 14.1. The Balaban J connectivity index is 0.000000143. The second-order valence-corrected chi connectivity index (χ2v) is 15.3. The van der Waals surface area contributed by atoms with Crippen LogP contribution in [0.15, 0.2) is 66.2 Å². The molecule has 6 N–H and O–H groups in total. The van der Waals surface area contributed by atoms with E-state index in [1.165, 1.54) is 31.4 Å². The van der Waals surface area contributed by atoms with Crippen molar-refractivity contribution in [2.45, 2.75) is 33.6 Å². The number of rotatable bonds is 5. The maximum atomic E-state index is 8.83. The lowest BCUT2D eigenvalue weighted by molar-refractivity contribution is 0.198. The average molecular weight is 865 g/mol. The summed E-state index contributed by atoms with van der Waals surface area (Å²) < 4.78 is 5.87. The summed E-state index contributed by atoms with van der Waals surface area (Å²) in [6.07, 6.45) is 15.6. The Labute approximate surface area is 345 Å². The molecule has 5 aromatic heterocycles. The molecule has 5 aromatic rings. The summed E-state index contributed by atoms with van der Waals surface area (Å²) in [5.41, 5.74) is 11.9. The fourth-order valence-corrected chi connectivity index (χ4v) is 6.01. The summed E-state index contributed by atoms with van der Waals surface area (Å²) in [4.78, 5) is 47.1. The molecule has 4 fully saturated rings. The van der Waals surface area contributed by atoms with Gasteiger partial charge in [0.2, 0.25) is 23.1 Å². The maximum absolute atomic E-state index is 8.83. The van der Waals surface area contributed by atoms with Gasteiger partial charge in [-0.1, -0.05) is 20.8 Å². The molecule has 0 unspecified atom stereocenters. The van der Waals surface area contributed by atoms with Crippen molar-refractivity contribution in [2.75, 3.05) is 78.6 Å². The Morgan fingerprint density at radius 3 is 1.42 bits per heavy atom. The SMILES string of the molecule is C1CCOC1.CC1CN(c2ncc(-c3nccc(N)n3)cn2)C1.CC1CN(c2ncc(B(O)O)cn2)C1.CC1CN(c2ncc(Br)cn2)C1.Nc1ccnc(Cl)n1. The predicted octanol–water partition coefficient (Wildman–Crippen LogP) is 2.79. The summed E-state index contributed by atoms with van der Waals surface area (Å²) in [6.45, 7) is 14.8. The highest BCUT2D eigenvalue weighted by molar-refractivity contribution is 9.10. The van der Waals surface area contributed by atoms with E-state index in [4.69, 9.17) is 37.9 Å². The van der Waals surface area contributed by atoms with Crippen LogP contribution in [-0.2, 0) is 4.74 Å². The van der Waals surface area contributed by atoms with E-state index in [9.17, 15) is 0 Å². The van der Waals surface area contributed by atoms with E-state index < -0.39 is 7.12 Å². The van der Waals surface area contributed by atoms with E-state index in [1.54, 1.807) is 43.1 Å². The molecule has 9 heterocycles. The van der Waals surface area contributed by atoms with E-state index in [0.29, 0.717) is 34.8 Å². The van der Waals surface area contributed by atoms with Crippen LogP contribution in [0.4, 0.5) is 29.5 Å². The van der Waals surface area contributed by atoms with Crippen LogP contribution in [0.25, 0.3) is 11.4 Å². The van der Waals surface area contributed by atoms with Crippen molar-refractivity contribution in [2.24, 2.45) is 17.8 Å². The summed E-state index contributed by atoms with van der Waals surface area (Å²) in [5.74, 6) is 5.87. The van der Waals surface area contributed by atoms with E-state index in [1.807, 2.05) is 0 Å². The zero-order chi connectivity index (χ0) is 40.7. The first kappa shape index (κ1) is 43.2. The molecule has 4 aliphatic rings. The molecule has 57 heavy (non-hydrogen) atoms. The van der Waals surface area contributed by atoms with E-state index in [0.717, 1.165) is 86.3 Å². The molecular formula is C36H48BBrClN15O3. The maximum Gasteiger partial charge on any atom is 0.491 e.